The summed E-state index contributed by atoms with van der Waals surface area (Å²) in [4.78, 5) is 26.2. The second-order valence-corrected chi connectivity index (χ2v) is 9.56. The Morgan fingerprint density at radius 1 is 1.44 bits per heavy atom. The average molecular weight is 414 g/mol. The number of aliphatic carboxylic acids is 1. The summed E-state index contributed by atoms with van der Waals surface area (Å²) in [6.07, 6.45) is 4.65. The normalized spacial score (nSPS) is 19.9. The van der Waals surface area contributed by atoms with Crippen molar-refractivity contribution in [1.82, 2.24) is 4.90 Å². The van der Waals surface area contributed by atoms with Gasteiger partial charge in [0, 0.05) is 36.1 Å². The second kappa shape index (κ2) is 11.7. The lowest BCUT2D eigenvalue weighted by molar-refractivity contribution is -0.138. The maximum Gasteiger partial charge on any atom is 0.304 e. The van der Waals surface area contributed by atoms with E-state index >= 15 is 0 Å². The highest BCUT2D eigenvalue weighted by Gasteiger charge is 2.32. The van der Waals surface area contributed by atoms with E-state index < -0.39 is 5.97 Å². The molecular weight excluding hydrogens is 382 g/mol. The molecular formula is C20H31NO4S2. The van der Waals surface area contributed by atoms with E-state index in [4.69, 9.17) is 5.11 Å². The predicted molar refractivity (Wildman–Crippen MR) is 111 cm³/mol. The van der Waals surface area contributed by atoms with Crippen molar-refractivity contribution < 1.29 is 19.8 Å². The van der Waals surface area contributed by atoms with E-state index in [-0.39, 0.29) is 30.4 Å². The van der Waals surface area contributed by atoms with Crippen LogP contribution in [-0.4, -0.2) is 57.2 Å². The third-order valence-corrected chi connectivity index (χ3v) is 7.05. The Morgan fingerprint density at radius 2 is 2.26 bits per heavy atom. The van der Waals surface area contributed by atoms with Crippen LogP contribution in [0.4, 0.5) is 0 Å². The Kier molecular flexibility index (Phi) is 9.65. The highest BCUT2D eigenvalue weighted by Crippen LogP contribution is 2.28. The molecule has 0 spiro atoms. The lowest BCUT2D eigenvalue weighted by atomic mass is 9.86. The molecule has 1 unspecified atom stereocenters. The number of nitrogens with zero attached hydrogens (tertiary/aromatic N) is 1. The monoisotopic (exact) mass is 413 g/mol. The molecule has 3 atom stereocenters. The molecule has 1 amide bonds. The van der Waals surface area contributed by atoms with Crippen LogP contribution >= 0.6 is 23.1 Å². The zero-order valence-electron chi connectivity index (χ0n) is 16.0. The van der Waals surface area contributed by atoms with Crippen LogP contribution in [-0.2, 0) is 16.0 Å². The number of aliphatic hydroxyl groups excluding tert-OH is 1. The number of carboxylic acid groups (broad SMARTS) is 1. The molecule has 2 N–H and O–H groups in total. The summed E-state index contributed by atoms with van der Waals surface area (Å²) in [6, 6.07) is 4.26. The summed E-state index contributed by atoms with van der Waals surface area (Å²) in [7, 11) is 0. The Hall–Kier alpha value is -1.05. The zero-order chi connectivity index (χ0) is 19.6. The topological polar surface area (TPSA) is 77.8 Å². The van der Waals surface area contributed by atoms with Crippen LogP contribution in [0.5, 0.6) is 0 Å². The van der Waals surface area contributed by atoms with Gasteiger partial charge in [0.25, 0.3) is 0 Å². The molecule has 7 heteroatoms. The van der Waals surface area contributed by atoms with Gasteiger partial charge < -0.3 is 15.1 Å². The van der Waals surface area contributed by atoms with Gasteiger partial charge in [0.1, 0.15) is 0 Å². The minimum absolute atomic E-state index is 0.190. The Morgan fingerprint density at radius 3 is 2.96 bits per heavy atom. The molecule has 0 saturated carbocycles. The van der Waals surface area contributed by atoms with Gasteiger partial charge in [0.2, 0.25) is 5.91 Å². The third-order valence-electron chi connectivity index (χ3n) is 5.08. The first-order chi connectivity index (χ1) is 13.0. The lowest BCUT2D eigenvalue weighted by Crippen LogP contribution is -2.48. The molecule has 1 fully saturated rings. The summed E-state index contributed by atoms with van der Waals surface area (Å²) < 4.78 is 0. The van der Waals surface area contributed by atoms with Crippen molar-refractivity contribution in [2.75, 3.05) is 18.1 Å². The first kappa shape index (κ1) is 22.2. The van der Waals surface area contributed by atoms with Gasteiger partial charge in [0.05, 0.1) is 12.5 Å². The van der Waals surface area contributed by atoms with Crippen LogP contribution in [0.3, 0.4) is 0 Å². The number of rotatable bonds is 12. The standard InChI is InChI=1S/C20H31NO4S2/c1-15(13-16(22)14-17-5-3-11-27-17)18-6-2-7-19(23)21(18)9-4-10-26-12-8-20(24)25/h3,5,11,15-16,18,22H,2,4,6-10,12-14H2,1H3,(H,24,25)/t15-,16?,18+/m0/s1. The predicted octanol–water partition coefficient (Wildman–Crippen LogP) is 3.66. The van der Waals surface area contributed by atoms with Gasteiger partial charge in [-0.1, -0.05) is 13.0 Å². The number of carboxylic acids is 1. The van der Waals surface area contributed by atoms with Gasteiger partial charge in [-0.05, 0) is 48.8 Å². The van der Waals surface area contributed by atoms with E-state index in [1.807, 2.05) is 16.3 Å². The molecule has 0 aliphatic carbocycles. The first-order valence-electron chi connectivity index (χ1n) is 9.76. The number of carbonyl (C=O) groups excluding carboxylic acids is 1. The first-order valence-corrected chi connectivity index (χ1v) is 11.8. The SMILES string of the molecule is C[C@@H](CC(O)Cc1cccs1)[C@H]1CCCC(=O)N1CCCSCCC(=O)O. The zero-order valence-corrected chi connectivity index (χ0v) is 17.6. The highest BCUT2D eigenvalue weighted by molar-refractivity contribution is 7.99. The van der Waals surface area contributed by atoms with Gasteiger partial charge in [-0.2, -0.15) is 11.8 Å². The van der Waals surface area contributed by atoms with E-state index in [1.54, 1.807) is 23.1 Å². The molecule has 0 bridgehead atoms. The Labute approximate surface area is 170 Å². The Balaban J connectivity index is 1.78. The van der Waals surface area contributed by atoms with Gasteiger partial charge in [-0.25, -0.2) is 0 Å². The molecule has 0 aromatic carbocycles. The average Bonchev–Trinajstić information content (AvgIpc) is 3.11. The molecule has 2 heterocycles. The third kappa shape index (κ3) is 7.84. The number of likely N-dealkylation sites (tertiary alicyclic amines) is 1. The van der Waals surface area contributed by atoms with E-state index in [2.05, 4.69) is 13.0 Å². The van der Waals surface area contributed by atoms with E-state index in [0.717, 1.165) is 31.6 Å². The number of piperidine rings is 1. The molecule has 0 radical (unpaired) electrons. The molecule has 1 aromatic rings. The summed E-state index contributed by atoms with van der Waals surface area (Å²) in [6.45, 7) is 2.88. The number of hydrogen-bond acceptors (Lipinski definition) is 5. The number of thioether (sulfide) groups is 1. The van der Waals surface area contributed by atoms with Gasteiger partial charge in [-0.15, -0.1) is 11.3 Å². The number of hydrogen-bond donors (Lipinski definition) is 2. The number of carbonyl (C=O) groups is 2. The lowest BCUT2D eigenvalue weighted by Gasteiger charge is -2.40. The fraction of sp³-hybridized carbons (Fsp3) is 0.700. The molecule has 27 heavy (non-hydrogen) atoms. The summed E-state index contributed by atoms with van der Waals surface area (Å²) in [5, 5.41) is 21.1. The molecule has 1 saturated heterocycles. The van der Waals surface area contributed by atoms with Crippen molar-refractivity contribution in [2.45, 2.75) is 64.0 Å². The maximum absolute atomic E-state index is 12.4. The summed E-state index contributed by atoms with van der Waals surface area (Å²) >= 11 is 3.31. The van der Waals surface area contributed by atoms with Crippen molar-refractivity contribution >= 4 is 35.0 Å². The minimum atomic E-state index is -0.760. The molecule has 152 valence electrons. The van der Waals surface area contributed by atoms with Crippen molar-refractivity contribution in [3.63, 3.8) is 0 Å². The summed E-state index contributed by atoms with van der Waals surface area (Å²) in [5.41, 5.74) is 0. The molecule has 1 aromatic heterocycles. The van der Waals surface area contributed by atoms with Crippen LogP contribution in [0.1, 0.15) is 50.3 Å². The fourth-order valence-electron chi connectivity index (χ4n) is 3.76. The fourth-order valence-corrected chi connectivity index (χ4v) is 5.39. The maximum atomic E-state index is 12.4. The van der Waals surface area contributed by atoms with Crippen molar-refractivity contribution in [2.24, 2.45) is 5.92 Å². The van der Waals surface area contributed by atoms with Crippen LogP contribution < -0.4 is 0 Å². The van der Waals surface area contributed by atoms with E-state index in [9.17, 15) is 14.7 Å². The summed E-state index contributed by atoms with van der Waals surface area (Å²) in [5.74, 6) is 1.23. The largest absolute Gasteiger partial charge is 0.481 e. The van der Waals surface area contributed by atoms with Crippen molar-refractivity contribution in [3.05, 3.63) is 22.4 Å². The quantitative estimate of drug-likeness (QED) is 0.511. The van der Waals surface area contributed by atoms with Crippen molar-refractivity contribution in [1.29, 1.82) is 0 Å². The van der Waals surface area contributed by atoms with Crippen LogP contribution in [0.15, 0.2) is 17.5 Å². The van der Waals surface area contributed by atoms with Gasteiger partial charge in [0.15, 0.2) is 0 Å². The number of aliphatic hydroxyl groups is 1. The molecule has 5 nitrogen and oxygen atoms in total. The van der Waals surface area contributed by atoms with Gasteiger partial charge >= 0.3 is 5.97 Å². The number of thiophene rings is 1. The molecule has 1 aliphatic rings. The second-order valence-electron chi connectivity index (χ2n) is 7.31. The van der Waals surface area contributed by atoms with Gasteiger partial charge in [-0.3, -0.25) is 9.59 Å². The molecule has 1 aliphatic heterocycles. The van der Waals surface area contributed by atoms with E-state index in [1.165, 1.54) is 4.88 Å². The smallest absolute Gasteiger partial charge is 0.304 e. The van der Waals surface area contributed by atoms with Crippen LogP contribution in [0.2, 0.25) is 0 Å². The van der Waals surface area contributed by atoms with E-state index in [0.29, 0.717) is 25.0 Å². The van der Waals surface area contributed by atoms with Crippen LogP contribution in [0, 0.1) is 5.92 Å². The van der Waals surface area contributed by atoms with Crippen LogP contribution in [0.25, 0.3) is 0 Å². The highest BCUT2D eigenvalue weighted by atomic mass is 32.2. The van der Waals surface area contributed by atoms with Crippen molar-refractivity contribution in [3.8, 4) is 0 Å². The Bertz CT molecular complexity index is 579. The number of amides is 1. The minimum Gasteiger partial charge on any atom is -0.481 e. The molecule has 2 rings (SSSR count).